The number of para-hydroxylation sites is 1. The number of aromatic nitrogens is 1. The van der Waals surface area contributed by atoms with Crippen molar-refractivity contribution in [3.05, 3.63) is 58.9 Å². The molecule has 2 aromatic heterocycles. The minimum atomic E-state index is 0.0212. The maximum absolute atomic E-state index is 12.4. The Labute approximate surface area is 168 Å². The number of carbonyl (C=O) groups is 2. The Morgan fingerprint density at radius 2 is 1.82 bits per heavy atom. The number of nitrogens with one attached hydrogen (secondary N) is 1. The van der Waals surface area contributed by atoms with Gasteiger partial charge in [0, 0.05) is 51.0 Å². The van der Waals surface area contributed by atoms with Crippen molar-refractivity contribution < 1.29 is 9.59 Å². The van der Waals surface area contributed by atoms with Gasteiger partial charge in [-0.2, -0.15) is 0 Å². The van der Waals surface area contributed by atoms with E-state index < -0.39 is 0 Å². The van der Waals surface area contributed by atoms with E-state index in [9.17, 15) is 9.59 Å². The zero-order valence-electron chi connectivity index (χ0n) is 15.7. The minimum absolute atomic E-state index is 0.0212. The third-order valence-electron chi connectivity index (χ3n) is 5.14. The second-order valence-electron chi connectivity index (χ2n) is 6.96. The number of benzene rings is 1. The summed E-state index contributed by atoms with van der Waals surface area (Å²) in [5.74, 6) is 0.148. The molecule has 1 saturated heterocycles. The maximum Gasteiger partial charge on any atom is 0.264 e. The predicted octanol–water partition coefficient (Wildman–Crippen LogP) is 2.28. The molecule has 1 N–H and O–H groups in total. The van der Waals surface area contributed by atoms with E-state index in [1.807, 2.05) is 63.5 Å². The first-order valence-corrected chi connectivity index (χ1v) is 10.4. The average molecular weight is 397 g/mol. The lowest BCUT2D eigenvalue weighted by Crippen LogP contribution is -2.50. The fraction of sp³-hybridized carbons (Fsp3) is 0.333. The molecule has 1 fully saturated rings. The highest BCUT2D eigenvalue weighted by molar-refractivity contribution is 7.12. The van der Waals surface area contributed by atoms with Crippen molar-refractivity contribution in [1.82, 2.24) is 19.7 Å². The van der Waals surface area contributed by atoms with Crippen LogP contribution in [0.2, 0.25) is 0 Å². The molecule has 1 aliphatic rings. The van der Waals surface area contributed by atoms with E-state index >= 15 is 0 Å². The van der Waals surface area contributed by atoms with E-state index in [2.05, 4.69) is 10.2 Å². The first-order chi connectivity index (χ1) is 13.7. The van der Waals surface area contributed by atoms with Gasteiger partial charge in [0.25, 0.3) is 5.91 Å². The van der Waals surface area contributed by atoms with Crippen molar-refractivity contribution in [1.29, 1.82) is 0 Å². The summed E-state index contributed by atoms with van der Waals surface area (Å²) in [6, 6.07) is 13.9. The van der Waals surface area contributed by atoms with Crippen LogP contribution < -0.4 is 5.32 Å². The third kappa shape index (κ3) is 4.26. The molecule has 0 bridgehead atoms. The summed E-state index contributed by atoms with van der Waals surface area (Å²) in [4.78, 5) is 29.7. The lowest BCUT2D eigenvalue weighted by molar-refractivity contribution is -0.121. The Morgan fingerprint density at radius 3 is 2.61 bits per heavy atom. The number of nitrogens with zero attached hydrogens (tertiary/aromatic N) is 3. The highest BCUT2D eigenvalue weighted by Crippen LogP contribution is 2.15. The monoisotopic (exact) mass is 396 g/mol. The number of amides is 2. The summed E-state index contributed by atoms with van der Waals surface area (Å²) >= 11 is 1.49. The van der Waals surface area contributed by atoms with Crippen LogP contribution in [-0.4, -0.2) is 65.4 Å². The summed E-state index contributed by atoms with van der Waals surface area (Å²) in [7, 11) is 0. The molecule has 4 rings (SSSR count). The molecule has 0 aliphatic carbocycles. The molecule has 3 aromatic rings. The third-order valence-corrected chi connectivity index (χ3v) is 5.99. The van der Waals surface area contributed by atoms with Gasteiger partial charge in [0.1, 0.15) is 6.54 Å². The molecule has 0 unspecified atom stereocenters. The Kier molecular flexibility index (Phi) is 5.73. The maximum atomic E-state index is 12.4. The molecule has 1 aromatic carbocycles. The second-order valence-corrected chi connectivity index (χ2v) is 7.91. The summed E-state index contributed by atoms with van der Waals surface area (Å²) in [6.45, 7) is 4.91. The number of hydrogen-bond donors (Lipinski definition) is 1. The van der Waals surface area contributed by atoms with Crippen molar-refractivity contribution >= 4 is 34.1 Å². The van der Waals surface area contributed by atoms with Crippen LogP contribution in [0.15, 0.2) is 54.0 Å². The van der Waals surface area contributed by atoms with E-state index in [-0.39, 0.29) is 11.8 Å². The summed E-state index contributed by atoms with van der Waals surface area (Å²) in [5, 5.41) is 6.09. The van der Waals surface area contributed by atoms with Gasteiger partial charge in [-0.15, -0.1) is 11.3 Å². The van der Waals surface area contributed by atoms with Crippen LogP contribution in [0.5, 0.6) is 0 Å². The fourth-order valence-corrected chi connectivity index (χ4v) is 4.26. The van der Waals surface area contributed by atoms with Crippen LogP contribution in [0.25, 0.3) is 10.9 Å². The van der Waals surface area contributed by atoms with Crippen LogP contribution in [0, 0.1) is 0 Å². The van der Waals surface area contributed by atoms with Crippen molar-refractivity contribution in [3.8, 4) is 0 Å². The smallest absolute Gasteiger partial charge is 0.264 e. The molecule has 0 saturated carbocycles. The van der Waals surface area contributed by atoms with E-state index in [0.29, 0.717) is 13.1 Å². The second kappa shape index (κ2) is 8.58. The summed E-state index contributed by atoms with van der Waals surface area (Å²) < 4.78 is 1.97. The fourth-order valence-electron chi connectivity index (χ4n) is 3.57. The molecule has 2 amide bonds. The minimum Gasteiger partial charge on any atom is -0.353 e. The predicted molar refractivity (Wildman–Crippen MR) is 112 cm³/mol. The Hall–Kier alpha value is -2.64. The van der Waals surface area contributed by atoms with Crippen LogP contribution in [0.1, 0.15) is 9.67 Å². The molecule has 6 nitrogen and oxygen atoms in total. The van der Waals surface area contributed by atoms with Gasteiger partial charge in [-0.05, 0) is 29.0 Å². The van der Waals surface area contributed by atoms with E-state index in [1.165, 1.54) is 11.3 Å². The van der Waals surface area contributed by atoms with Crippen LogP contribution in [-0.2, 0) is 11.3 Å². The first-order valence-electron chi connectivity index (χ1n) is 9.56. The molecule has 0 radical (unpaired) electrons. The van der Waals surface area contributed by atoms with Gasteiger partial charge in [-0.1, -0.05) is 24.3 Å². The topological polar surface area (TPSA) is 57.6 Å². The Morgan fingerprint density at radius 1 is 1.00 bits per heavy atom. The number of piperazine rings is 1. The van der Waals surface area contributed by atoms with Gasteiger partial charge in [0.15, 0.2) is 0 Å². The van der Waals surface area contributed by atoms with E-state index in [1.54, 1.807) is 0 Å². The first kappa shape index (κ1) is 18.7. The van der Waals surface area contributed by atoms with Gasteiger partial charge in [-0.25, -0.2) is 0 Å². The summed E-state index contributed by atoms with van der Waals surface area (Å²) in [5.41, 5.74) is 1.07. The van der Waals surface area contributed by atoms with Gasteiger partial charge in [0.2, 0.25) is 5.91 Å². The van der Waals surface area contributed by atoms with Crippen LogP contribution in [0.4, 0.5) is 0 Å². The van der Waals surface area contributed by atoms with Gasteiger partial charge in [-0.3, -0.25) is 14.5 Å². The van der Waals surface area contributed by atoms with Crippen molar-refractivity contribution in [3.63, 3.8) is 0 Å². The number of carbonyl (C=O) groups excluding carboxylic acids is 2. The van der Waals surface area contributed by atoms with Crippen molar-refractivity contribution in [2.24, 2.45) is 0 Å². The number of rotatable bonds is 6. The summed E-state index contributed by atoms with van der Waals surface area (Å²) in [6.07, 6.45) is 1.95. The number of thiophene rings is 1. The SMILES string of the molecule is O=C(Cn1ccc2ccccc21)NCCN1CCN(C(=O)c2cccs2)CC1. The molecule has 3 heterocycles. The largest absolute Gasteiger partial charge is 0.353 e. The van der Waals surface area contributed by atoms with Crippen molar-refractivity contribution in [2.75, 3.05) is 39.3 Å². The molecular formula is C21H24N4O2S. The molecule has 28 heavy (non-hydrogen) atoms. The number of fused-ring (bicyclic) bond motifs is 1. The zero-order chi connectivity index (χ0) is 19.3. The zero-order valence-corrected chi connectivity index (χ0v) is 16.5. The molecular weight excluding hydrogens is 372 g/mol. The van der Waals surface area contributed by atoms with Gasteiger partial charge >= 0.3 is 0 Å². The van der Waals surface area contributed by atoms with Crippen LogP contribution in [0.3, 0.4) is 0 Å². The quantitative estimate of drug-likeness (QED) is 0.696. The Balaban J connectivity index is 1.19. The number of hydrogen-bond acceptors (Lipinski definition) is 4. The molecule has 7 heteroatoms. The highest BCUT2D eigenvalue weighted by atomic mass is 32.1. The molecule has 146 valence electrons. The standard InChI is InChI=1S/C21H24N4O2S/c26-20(16-25-9-7-17-4-1-2-5-18(17)25)22-8-10-23-11-13-24(14-12-23)21(27)19-6-3-15-28-19/h1-7,9,15H,8,10-14,16H2,(H,22,26). The Bertz CT molecular complexity index is 942. The normalized spacial score (nSPS) is 15.1. The van der Waals surface area contributed by atoms with E-state index in [0.717, 1.165) is 48.5 Å². The van der Waals surface area contributed by atoms with E-state index in [4.69, 9.17) is 0 Å². The highest BCUT2D eigenvalue weighted by Gasteiger charge is 2.22. The average Bonchev–Trinajstić information content (AvgIpc) is 3.39. The van der Waals surface area contributed by atoms with Crippen molar-refractivity contribution in [2.45, 2.75) is 6.54 Å². The van der Waals surface area contributed by atoms with Crippen LogP contribution >= 0.6 is 11.3 Å². The van der Waals surface area contributed by atoms with Gasteiger partial charge < -0.3 is 14.8 Å². The van der Waals surface area contributed by atoms with Gasteiger partial charge in [0.05, 0.1) is 4.88 Å². The lowest BCUT2D eigenvalue weighted by Gasteiger charge is -2.34. The molecule has 0 spiro atoms. The molecule has 0 atom stereocenters. The lowest BCUT2D eigenvalue weighted by atomic mass is 10.2. The molecule has 1 aliphatic heterocycles.